The molecule has 2 aromatic heterocycles. The number of hydrogen-bond acceptors (Lipinski definition) is 5. The summed E-state index contributed by atoms with van der Waals surface area (Å²) in [4.78, 5) is 4.36. The van der Waals surface area contributed by atoms with E-state index in [2.05, 4.69) is 21.3 Å². The van der Waals surface area contributed by atoms with Crippen molar-refractivity contribution < 1.29 is 0 Å². The highest BCUT2D eigenvalue weighted by molar-refractivity contribution is 7.99. The first-order valence-corrected chi connectivity index (χ1v) is 5.84. The van der Waals surface area contributed by atoms with Gasteiger partial charge in [-0.1, -0.05) is 0 Å². The van der Waals surface area contributed by atoms with Crippen molar-refractivity contribution in [2.24, 2.45) is 7.05 Å². The Bertz CT molecular complexity index is 596. The second-order valence-corrected chi connectivity index (χ2v) is 4.63. The van der Waals surface area contributed by atoms with Crippen molar-refractivity contribution in [2.45, 2.75) is 24.0 Å². The monoisotopic (exact) mass is 245 g/mol. The highest BCUT2D eigenvalue weighted by atomic mass is 32.2. The summed E-state index contributed by atoms with van der Waals surface area (Å²) in [6, 6.07) is 5.63. The smallest absolute Gasteiger partial charge is 0.197 e. The SMILES string of the molecule is Cc1cc(C#N)cc(Sc2nnc(C)n2C)n1. The first-order chi connectivity index (χ1) is 8.10. The molecule has 0 bridgehead atoms. The minimum atomic E-state index is 0.610. The Morgan fingerprint density at radius 1 is 1.29 bits per heavy atom. The van der Waals surface area contributed by atoms with E-state index in [0.29, 0.717) is 5.56 Å². The Hall–Kier alpha value is -1.87. The van der Waals surface area contributed by atoms with Crippen molar-refractivity contribution >= 4 is 11.8 Å². The lowest BCUT2D eigenvalue weighted by Crippen LogP contribution is -1.94. The molecule has 17 heavy (non-hydrogen) atoms. The second-order valence-electron chi connectivity index (χ2n) is 3.64. The Balaban J connectivity index is 2.33. The van der Waals surface area contributed by atoms with Crippen LogP contribution >= 0.6 is 11.8 Å². The summed E-state index contributed by atoms with van der Waals surface area (Å²) in [5, 5.41) is 18.4. The van der Waals surface area contributed by atoms with Gasteiger partial charge in [0.25, 0.3) is 0 Å². The number of pyridine rings is 1. The van der Waals surface area contributed by atoms with Gasteiger partial charge in [-0.25, -0.2) is 4.98 Å². The van der Waals surface area contributed by atoms with E-state index >= 15 is 0 Å². The van der Waals surface area contributed by atoms with Gasteiger partial charge in [0, 0.05) is 12.7 Å². The number of nitriles is 1. The number of rotatable bonds is 2. The van der Waals surface area contributed by atoms with E-state index in [9.17, 15) is 0 Å². The molecule has 0 unspecified atom stereocenters. The molecule has 0 atom stereocenters. The summed E-state index contributed by atoms with van der Waals surface area (Å²) in [6.45, 7) is 3.76. The molecule has 0 aliphatic carbocycles. The maximum Gasteiger partial charge on any atom is 0.197 e. The average Bonchev–Trinajstić information content (AvgIpc) is 2.60. The van der Waals surface area contributed by atoms with Crippen LogP contribution in [0, 0.1) is 25.2 Å². The Morgan fingerprint density at radius 3 is 2.65 bits per heavy atom. The molecule has 0 saturated heterocycles. The fourth-order valence-corrected chi connectivity index (χ4v) is 2.24. The van der Waals surface area contributed by atoms with Crippen LogP contribution in [0.15, 0.2) is 22.3 Å². The number of hydrogen-bond donors (Lipinski definition) is 0. The molecule has 0 fully saturated rings. The molecule has 2 rings (SSSR count). The van der Waals surface area contributed by atoms with E-state index in [0.717, 1.165) is 21.7 Å². The van der Waals surface area contributed by atoms with Crippen LogP contribution < -0.4 is 0 Å². The third-order valence-corrected chi connectivity index (χ3v) is 3.26. The van der Waals surface area contributed by atoms with Crippen LogP contribution in [0.3, 0.4) is 0 Å². The van der Waals surface area contributed by atoms with Crippen molar-refractivity contribution in [3.63, 3.8) is 0 Å². The molecule has 2 heterocycles. The third-order valence-electron chi connectivity index (χ3n) is 2.31. The molecule has 0 aromatic carbocycles. The molecule has 6 heteroatoms. The molecule has 0 spiro atoms. The highest BCUT2D eigenvalue weighted by Gasteiger charge is 2.09. The van der Waals surface area contributed by atoms with Gasteiger partial charge >= 0.3 is 0 Å². The van der Waals surface area contributed by atoms with E-state index in [1.807, 2.05) is 25.5 Å². The zero-order chi connectivity index (χ0) is 12.4. The maximum atomic E-state index is 8.89. The summed E-state index contributed by atoms with van der Waals surface area (Å²) in [7, 11) is 1.90. The lowest BCUT2D eigenvalue weighted by Gasteiger charge is -2.02. The normalized spacial score (nSPS) is 10.2. The predicted molar refractivity (Wildman–Crippen MR) is 63.6 cm³/mol. The van der Waals surface area contributed by atoms with Crippen LogP contribution in [-0.2, 0) is 7.05 Å². The topological polar surface area (TPSA) is 67.4 Å². The standard InChI is InChI=1S/C11H11N5S/c1-7-4-9(6-12)5-10(13-7)17-11-15-14-8(2)16(11)3/h4-5H,1-3H3. The third kappa shape index (κ3) is 2.45. The van der Waals surface area contributed by atoms with Crippen molar-refractivity contribution in [1.29, 1.82) is 5.26 Å². The maximum absolute atomic E-state index is 8.89. The van der Waals surface area contributed by atoms with Crippen LogP contribution in [0.25, 0.3) is 0 Å². The van der Waals surface area contributed by atoms with E-state index in [4.69, 9.17) is 5.26 Å². The van der Waals surface area contributed by atoms with Gasteiger partial charge in [0.05, 0.1) is 11.6 Å². The summed E-state index contributed by atoms with van der Waals surface area (Å²) in [5.41, 5.74) is 1.43. The largest absolute Gasteiger partial charge is 0.309 e. The van der Waals surface area contributed by atoms with Crippen molar-refractivity contribution in [1.82, 2.24) is 19.7 Å². The van der Waals surface area contributed by atoms with Crippen LogP contribution in [0.5, 0.6) is 0 Å². The second kappa shape index (κ2) is 4.55. The molecule has 0 aliphatic heterocycles. The molecule has 0 saturated carbocycles. The van der Waals surface area contributed by atoms with Gasteiger partial charge in [0.1, 0.15) is 10.9 Å². The fourth-order valence-electron chi connectivity index (χ4n) is 1.33. The van der Waals surface area contributed by atoms with Crippen LogP contribution in [0.1, 0.15) is 17.1 Å². The van der Waals surface area contributed by atoms with Crippen molar-refractivity contribution in [3.05, 3.63) is 29.2 Å². The summed E-state index contributed by atoms with van der Waals surface area (Å²) >= 11 is 1.41. The molecule has 0 amide bonds. The molecule has 86 valence electrons. The average molecular weight is 245 g/mol. The van der Waals surface area contributed by atoms with Gasteiger partial charge < -0.3 is 4.57 Å². The van der Waals surface area contributed by atoms with E-state index < -0.39 is 0 Å². The molecular weight excluding hydrogens is 234 g/mol. The summed E-state index contributed by atoms with van der Waals surface area (Å²) in [6.07, 6.45) is 0. The first-order valence-electron chi connectivity index (χ1n) is 5.03. The zero-order valence-electron chi connectivity index (χ0n) is 9.80. The summed E-state index contributed by atoms with van der Waals surface area (Å²) in [5.74, 6) is 0.848. The molecular formula is C11H11N5S. The van der Waals surface area contributed by atoms with Crippen LogP contribution in [0.2, 0.25) is 0 Å². The van der Waals surface area contributed by atoms with Gasteiger partial charge in [-0.15, -0.1) is 10.2 Å². The minimum absolute atomic E-state index is 0.610. The Labute approximate surface area is 104 Å². The van der Waals surface area contributed by atoms with Crippen molar-refractivity contribution in [2.75, 3.05) is 0 Å². The Kier molecular flexibility index (Phi) is 3.11. The molecule has 2 aromatic rings. The first kappa shape index (κ1) is 11.6. The Morgan fingerprint density at radius 2 is 2.06 bits per heavy atom. The van der Waals surface area contributed by atoms with Gasteiger partial charge in [-0.3, -0.25) is 0 Å². The van der Waals surface area contributed by atoms with E-state index in [1.165, 1.54) is 11.8 Å². The highest BCUT2D eigenvalue weighted by Crippen LogP contribution is 2.25. The van der Waals surface area contributed by atoms with Crippen LogP contribution in [0.4, 0.5) is 0 Å². The number of nitrogens with zero attached hydrogens (tertiary/aromatic N) is 5. The fraction of sp³-hybridized carbons (Fsp3) is 0.273. The minimum Gasteiger partial charge on any atom is -0.309 e. The quantitative estimate of drug-likeness (QED) is 0.807. The molecule has 5 nitrogen and oxygen atoms in total. The zero-order valence-corrected chi connectivity index (χ0v) is 10.6. The van der Waals surface area contributed by atoms with Gasteiger partial charge in [-0.05, 0) is 37.7 Å². The predicted octanol–water partition coefficient (Wildman–Crippen LogP) is 1.85. The van der Waals surface area contributed by atoms with Gasteiger partial charge in [0.2, 0.25) is 0 Å². The number of aryl methyl sites for hydroxylation is 2. The van der Waals surface area contributed by atoms with Crippen molar-refractivity contribution in [3.8, 4) is 6.07 Å². The lowest BCUT2D eigenvalue weighted by molar-refractivity contribution is 0.764. The molecule has 0 radical (unpaired) electrons. The lowest BCUT2D eigenvalue weighted by atomic mass is 10.2. The van der Waals surface area contributed by atoms with E-state index in [-0.39, 0.29) is 0 Å². The molecule has 0 aliphatic rings. The van der Waals surface area contributed by atoms with E-state index in [1.54, 1.807) is 12.1 Å². The van der Waals surface area contributed by atoms with Gasteiger partial charge in [0.15, 0.2) is 5.16 Å². The van der Waals surface area contributed by atoms with Gasteiger partial charge in [-0.2, -0.15) is 5.26 Å². The van der Waals surface area contributed by atoms with Crippen LogP contribution in [-0.4, -0.2) is 19.7 Å². The number of aromatic nitrogens is 4. The summed E-state index contributed by atoms with van der Waals surface area (Å²) < 4.78 is 1.89. The molecule has 0 N–H and O–H groups in total.